The molecule has 2 rings (SSSR count). The Labute approximate surface area is 123 Å². The van der Waals surface area contributed by atoms with Crippen molar-refractivity contribution in [1.82, 2.24) is 0 Å². The summed E-state index contributed by atoms with van der Waals surface area (Å²) in [6.45, 7) is 0.126. The first-order chi connectivity index (χ1) is 9.63. The number of hydrogen-bond donors (Lipinski definition) is 2. The average molecular weight is 294 g/mol. The van der Waals surface area contributed by atoms with Crippen LogP contribution in [-0.4, -0.2) is 18.3 Å². The van der Waals surface area contributed by atoms with Crippen molar-refractivity contribution < 1.29 is 9.50 Å². The third-order valence-corrected chi connectivity index (χ3v) is 4.06. The van der Waals surface area contributed by atoms with Crippen LogP contribution < -0.4 is 5.73 Å². The number of benzene rings is 2. The van der Waals surface area contributed by atoms with Crippen LogP contribution >= 0.6 is 11.6 Å². The van der Waals surface area contributed by atoms with E-state index in [4.69, 9.17) is 17.3 Å². The molecule has 4 heteroatoms. The predicted octanol–water partition coefficient (Wildman–Crippen LogP) is 2.91. The monoisotopic (exact) mass is 293 g/mol. The van der Waals surface area contributed by atoms with Gasteiger partial charge in [-0.05, 0) is 23.6 Å². The Balaban J connectivity index is 2.42. The molecule has 0 amide bonds. The van der Waals surface area contributed by atoms with Crippen LogP contribution in [0.15, 0.2) is 48.5 Å². The fourth-order valence-electron chi connectivity index (χ4n) is 2.35. The predicted molar refractivity (Wildman–Crippen MR) is 79.4 cm³/mol. The lowest BCUT2D eigenvalue weighted by molar-refractivity contribution is 0.196. The summed E-state index contributed by atoms with van der Waals surface area (Å²) in [6.07, 6.45) is 0.389. The Morgan fingerprint density at radius 2 is 1.80 bits per heavy atom. The quantitative estimate of drug-likeness (QED) is 0.890. The minimum Gasteiger partial charge on any atom is -0.395 e. The minimum atomic E-state index is -0.654. The molecule has 0 spiro atoms. The summed E-state index contributed by atoms with van der Waals surface area (Å²) in [5.74, 6) is -0.457. The van der Waals surface area contributed by atoms with Crippen LogP contribution in [0.25, 0.3) is 0 Å². The first kappa shape index (κ1) is 15.0. The van der Waals surface area contributed by atoms with Gasteiger partial charge in [-0.1, -0.05) is 54.1 Å². The molecule has 0 radical (unpaired) electrons. The largest absolute Gasteiger partial charge is 0.395 e. The van der Waals surface area contributed by atoms with E-state index in [0.717, 1.165) is 5.56 Å². The summed E-state index contributed by atoms with van der Waals surface area (Å²) < 4.78 is 13.5. The molecule has 20 heavy (non-hydrogen) atoms. The molecule has 0 bridgehead atoms. The smallest absolute Gasteiger partial charge is 0.142 e. The highest BCUT2D eigenvalue weighted by Crippen LogP contribution is 2.31. The van der Waals surface area contributed by atoms with Gasteiger partial charge >= 0.3 is 0 Å². The van der Waals surface area contributed by atoms with Crippen LogP contribution in [0.2, 0.25) is 5.02 Å². The zero-order chi connectivity index (χ0) is 14.6. The molecule has 0 aliphatic heterocycles. The first-order valence-corrected chi connectivity index (χ1v) is 6.80. The number of hydrogen-bond acceptors (Lipinski definition) is 2. The van der Waals surface area contributed by atoms with Gasteiger partial charge in [0.25, 0.3) is 0 Å². The summed E-state index contributed by atoms with van der Waals surface area (Å²) in [5.41, 5.74) is 6.81. The summed E-state index contributed by atoms with van der Waals surface area (Å²) in [5, 5.41) is 9.93. The highest BCUT2D eigenvalue weighted by Gasteiger charge is 2.31. The zero-order valence-corrected chi connectivity index (χ0v) is 11.8. The lowest BCUT2D eigenvalue weighted by Gasteiger charge is -2.31. The van der Waals surface area contributed by atoms with Crippen molar-refractivity contribution >= 4 is 11.6 Å². The molecule has 0 saturated carbocycles. The van der Waals surface area contributed by atoms with Crippen LogP contribution in [0.1, 0.15) is 11.1 Å². The van der Waals surface area contributed by atoms with Crippen molar-refractivity contribution in [3.8, 4) is 0 Å². The van der Waals surface area contributed by atoms with Gasteiger partial charge in [-0.2, -0.15) is 0 Å². The van der Waals surface area contributed by atoms with E-state index in [1.807, 2.05) is 30.3 Å². The molecule has 0 fully saturated rings. The number of aliphatic hydroxyl groups is 1. The van der Waals surface area contributed by atoms with Crippen LogP contribution in [-0.2, 0) is 11.8 Å². The summed E-state index contributed by atoms with van der Waals surface area (Å²) in [4.78, 5) is 0. The molecule has 0 aliphatic rings. The van der Waals surface area contributed by atoms with Gasteiger partial charge in [0.05, 0.1) is 11.6 Å². The van der Waals surface area contributed by atoms with E-state index in [1.165, 1.54) is 6.07 Å². The summed E-state index contributed by atoms with van der Waals surface area (Å²) in [7, 11) is 0. The highest BCUT2D eigenvalue weighted by molar-refractivity contribution is 6.31. The Morgan fingerprint density at radius 3 is 2.40 bits per heavy atom. The zero-order valence-electron chi connectivity index (χ0n) is 11.0. The molecule has 3 N–H and O–H groups in total. The maximum absolute atomic E-state index is 13.5. The van der Waals surface area contributed by atoms with Gasteiger partial charge in [-0.25, -0.2) is 4.39 Å². The van der Waals surface area contributed by atoms with E-state index in [0.29, 0.717) is 12.0 Å². The molecule has 106 valence electrons. The standard InChI is InChI=1S/C16H17ClFNO/c17-15-12(5-4-8-14(15)18)9-16(10-19,11-20)13-6-2-1-3-7-13/h1-8,20H,9-11,19H2. The highest BCUT2D eigenvalue weighted by atomic mass is 35.5. The molecule has 1 atom stereocenters. The van der Waals surface area contributed by atoms with E-state index in [-0.39, 0.29) is 18.2 Å². The van der Waals surface area contributed by atoms with E-state index < -0.39 is 11.2 Å². The van der Waals surface area contributed by atoms with Gasteiger partial charge in [0.15, 0.2) is 0 Å². The summed E-state index contributed by atoms with van der Waals surface area (Å²) >= 11 is 6.00. The second-order valence-corrected chi connectivity index (χ2v) is 5.28. The maximum atomic E-state index is 13.5. The third kappa shape index (κ3) is 2.85. The van der Waals surface area contributed by atoms with Crippen molar-refractivity contribution in [3.05, 3.63) is 70.5 Å². The van der Waals surface area contributed by atoms with Gasteiger partial charge in [0.1, 0.15) is 5.82 Å². The normalized spacial score (nSPS) is 14.0. The van der Waals surface area contributed by atoms with E-state index in [2.05, 4.69) is 0 Å². The van der Waals surface area contributed by atoms with Gasteiger partial charge in [-0.15, -0.1) is 0 Å². The van der Waals surface area contributed by atoms with Crippen LogP contribution in [0, 0.1) is 5.82 Å². The van der Waals surface area contributed by atoms with Crippen LogP contribution in [0.4, 0.5) is 4.39 Å². The van der Waals surface area contributed by atoms with E-state index in [1.54, 1.807) is 12.1 Å². The summed E-state index contributed by atoms with van der Waals surface area (Å²) in [6, 6.07) is 14.2. The maximum Gasteiger partial charge on any atom is 0.142 e. The van der Waals surface area contributed by atoms with Crippen LogP contribution in [0.3, 0.4) is 0 Å². The van der Waals surface area contributed by atoms with Crippen molar-refractivity contribution in [2.24, 2.45) is 5.73 Å². The molecule has 2 aromatic rings. The lowest BCUT2D eigenvalue weighted by atomic mass is 9.76. The number of nitrogens with two attached hydrogens (primary N) is 1. The SMILES string of the molecule is NCC(CO)(Cc1cccc(F)c1Cl)c1ccccc1. The Kier molecular flexibility index (Phi) is 4.76. The molecule has 0 saturated heterocycles. The lowest BCUT2D eigenvalue weighted by Crippen LogP contribution is -2.41. The van der Waals surface area contributed by atoms with Gasteiger partial charge < -0.3 is 10.8 Å². The van der Waals surface area contributed by atoms with E-state index >= 15 is 0 Å². The second-order valence-electron chi connectivity index (χ2n) is 4.90. The van der Waals surface area contributed by atoms with Crippen molar-refractivity contribution in [1.29, 1.82) is 0 Å². The van der Waals surface area contributed by atoms with Crippen molar-refractivity contribution in [2.45, 2.75) is 11.8 Å². The molecule has 2 nitrogen and oxygen atoms in total. The topological polar surface area (TPSA) is 46.2 Å². The van der Waals surface area contributed by atoms with Gasteiger partial charge in [0.2, 0.25) is 0 Å². The van der Waals surface area contributed by atoms with Crippen molar-refractivity contribution in [2.75, 3.05) is 13.2 Å². The van der Waals surface area contributed by atoms with Gasteiger partial charge in [-0.3, -0.25) is 0 Å². The Morgan fingerprint density at radius 1 is 1.10 bits per heavy atom. The minimum absolute atomic E-state index is 0.0923. The molecule has 0 aromatic heterocycles. The first-order valence-electron chi connectivity index (χ1n) is 6.42. The fourth-order valence-corrected chi connectivity index (χ4v) is 2.54. The molecule has 0 aliphatic carbocycles. The molecule has 1 unspecified atom stereocenters. The number of rotatable bonds is 5. The second kappa shape index (κ2) is 6.35. The molecule has 2 aromatic carbocycles. The molecular formula is C16H17ClFNO. The Bertz CT molecular complexity index is 570. The van der Waals surface area contributed by atoms with E-state index in [9.17, 15) is 9.50 Å². The number of halogens is 2. The van der Waals surface area contributed by atoms with Crippen LogP contribution in [0.5, 0.6) is 0 Å². The third-order valence-electron chi connectivity index (χ3n) is 3.64. The number of aliphatic hydroxyl groups excluding tert-OH is 1. The Hall–Kier alpha value is -1.42. The average Bonchev–Trinajstić information content (AvgIpc) is 2.50. The van der Waals surface area contributed by atoms with Crippen molar-refractivity contribution in [3.63, 3.8) is 0 Å². The molecule has 0 heterocycles. The van der Waals surface area contributed by atoms with Gasteiger partial charge in [0, 0.05) is 12.0 Å². The molecular weight excluding hydrogens is 277 g/mol. The fraction of sp³-hybridized carbons (Fsp3) is 0.250.